The fraction of sp³-hybridized carbons (Fsp3) is 0. The molecule has 0 saturated carbocycles. The third kappa shape index (κ3) is 3.81. The van der Waals surface area contributed by atoms with E-state index in [9.17, 15) is 19.8 Å². The van der Waals surface area contributed by atoms with E-state index in [1.165, 1.54) is 16.7 Å². The smallest absolute Gasteiger partial charge is 0.337 e. The summed E-state index contributed by atoms with van der Waals surface area (Å²) < 4.78 is 1.24. The number of benzene rings is 2. The number of para-hydroxylation sites is 1. The number of rotatable bonds is 4. The molecule has 0 aliphatic heterocycles. The number of hydrogen-bond acceptors (Lipinski definition) is 5. The van der Waals surface area contributed by atoms with Gasteiger partial charge >= 0.3 is 5.97 Å². The molecule has 0 aliphatic rings. The Bertz CT molecular complexity index is 1170. The number of aromatic amines is 1. The number of aromatic nitrogens is 2. The molecule has 1 heterocycles. The minimum atomic E-state index is -1.15. The van der Waals surface area contributed by atoms with Crippen LogP contribution >= 0.6 is 23.8 Å². The standard InChI is InChI=1S/C18H12ClN3O4S/c19-10-5-7-11(8-6-10)22-16(24)13(15(23)21-18(22)27)9-20-14-4-2-1-3-12(14)17(25)26/h1-9,24H,(H,25,26)(H,21,23,27). The van der Waals surface area contributed by atoms with Crippen molar-refractivity contribution in [1.82, 2.24) is 9.55 Å². The zero-order valence-electron chi connectivity index (χ0n) is 13.6. The highest BCUT2D eigenvalue weighted by Crippen LogP contribution is 2.22. The molecule has 3 aromatic rings. The predicted molar refractivity (Wildman–Crippen MR) is 105 cm³/mol. The summed E-state index contributed by atoms with van der Waals surface area (Å²) in [6, 6.07) is 12.5. The molecular weight excluding hydrogens is 390 g/mol. The van der Waals surface area contributed by atoms with E-state index in [1.807, 2.05) is 0 Å². The van der Waals surface area contributed by atoms with E-state index in [-0.39, 0.29) is 21.6 Å². The second kappa shape index (κ2) is 7.56. The SMILES string of the molecule is O=C(O)c1ccccc1N=Cc1c(O)n(-c2ccc(Cl)cc2)c(=S)[nH]c1=O. The summed E-state index contributed by atoms with van der Waals surface area (Å²) in [6.07, 6.45) is 1.09. The molecule has 7 nitrogen and oxygen atoms in total. The van der Waals surface area contributed by atoms with Gasteiger partial charge in [-0.05, 0) is 48.6 Å². The van der Waals surface area contributed by atoms with Gasteiger partial charge in [0.25, 0.3) is 5.56 Å². The van der Waals surface area contributed by atoms with E-state index >= 15 is 0 Å². The number of aromatic carboxylic acids is 1. The fourth-order valence-electron chi connectivity index (χ4n) is 2.39. The summed E-state index contributed by atoms with van der Waals surface area (Å²) in [4.78, 5) is 30.0. The van der Waals surface area contributed by atoms with Crippen LogP contribution in [0.5, 0.6) is 5.88 Å². The summed E-state index contributed by atoms with van der Waals surface area (Å²) in [5.74, 6) is -1.58. The first-order valence-corrected chi connectivity index (χ1v) is 8.37. The van der Waals surface area contributed by atoms with Crippen molar-refractivity contribution in [3.8, 4) is 11.6 Å². The van der Waals surface area contributed by atoms with Crippen LogP contribution in [0.4, 0.5) is 5.69 Å². The molecule has 0 fully saturated rings. The summed E-state index contributed by atoms with van der Waals surface area (Å²) >= 11 is 11.0. The molecule has 0 amide bonds. The number of halogens is 1. The number of carbonyl (C=O) groups is 1. The van der Waals surface area contributed by atoms with Crippen molar-refractivity contribution >= 4 is 41.7 Å². The monoisotopic (exact) mass is 401 g/mol. The summed E-state index contributed by atoms with van der Waals surface area (Å²) in [5.41, 5.74) is -0.226. The van der Waals surface area contributed by atoms with E-state index < -0.39 is 17.4 Å². The highest BCUT2D eigenvalue weighted by molar-refractivity contribution is 7.71. The third-order valence-corrected chi connectivity index (χ3v) is 4.21. The average Bonchev–Trinajstić information content (AvgIpc) is 2.63. The van der Waals surface area contributed by atoms with Gasteiger partial charge in [0.15, 0.2) is 4.77 Å². The van der Waals surface area contributed by atoms with Gasteiger partial charge in [-0.2, -0.15) is 0 Å². The Morgan fingerprint density at radius 2 is 1.85 bits per heavy atom. The molecule has 3 N–H and O–H groups in total. The lowest BCUT2D eigenvalue weighted by molar-refractivity contribution is 0.0698. The lowest BCUT2D eigenvalue weighted by Gasteiger charge is -2.11. The summed E-state index contributed by atoms with van der Waals surface area (Å²) in [7, 11) is 0. The topological polar surface area (TPSA) is 108 Å². The van der Waals surface area contributed by atoms with Crippen molar-refractivity contribution in [1.29, 1.82) is 0 Å². The third-order valence-electron chi connectivity index (χ3n) is 3.67. The minimum Gasteiger partial charge on any atom is -0.494 e. The van der Waals surface area contributed by atoms with E-state index in [4.69, 9.17) is 23.8 Å². The molecule has 27 heavy (non-hydrogen) atoms. The average molecular weight is 402 g/mol. The van der Waals surface area contributed by atoms with Crippen LogP contribution < -0.4 is 5.56 Å². The largest absolute Gasteiger partial charge is 0.494 e. The maximum atomic E-state index is 12.2. The van der Waals surface area contributed by atoms with Gasteiger partial charge in [-0.15, -0.1) is 0 Å². The number of nitrogens with one attached hydrogen (secondary N) is 1. The molecule has 0 radical (unpaired) electrons. The highest BCUT2D eigenvalue weighted by Gasteiger charge is 2.13. The van der Waals surface area contributed by atoms with Crippen LogP contribution in [0.3, 0.4) is 0 Å². The van der Waals surface area contributed by atoms with E-state index in [2.05, 4.69) is 9.98 Å². The van der Waals surface area contributed by atoms with Crippen molar-refractivity contribution in [2.75, 3.05) is 0 Å². The van der Waals surface area contributed by atoms with Crippen LogP contribution in [0.25, 0.3) is 5.69 Å². The van der Waals surface area contributed by atoms with E-state index in [0.717, 1.165) is 6.21 Å². The Labute approximate surface area is 162 Å². The Kier molecular flexibility index (Phi) is 5.20. The summed E-state index contributed by atoms with van der Waals surface area (Å²) in [5, 5.41) is 20.3. The molecule has 9 heteroatoms. The van der Waals surface area contributed by atoms with Gasteiger partial charge in [-0.3, -0.25) is 19.3 Å². The highest BCUT2D eigenvalue weighted by atomic mass is 35.5. The van der Waals surface area contributed by atoms with Crippen molar-refractivity contribution in [3.05, 3.63) is 79.8 Å². The molecule has 136 valence electrons. The molecule has 0 bridgehead atoms. The molecule has 1 aromatic heterocycles. The number of carboxylic acid groups (broad SMARTS) is 1. The van der Waals surface area contributed by atoms with Crippen LogP contribution in [0.1, 0.15) is 15.9 Å². The van der Waals surface area contributed by atoms with Gasteiger partial charge in [0.2, 0.25) is 5.88 Å². The van der Waals surface area contributed by atoms with Crippen molar-refractivity contribution in [3.63, 3.8) is 0 Å². The molecule has 0 spiro atoms. The van der Waals surface area contributed by atoms with Crippen LogP contribution in [-0.2, 0) is 0 Å². The molecule has 0 unspecified atom stereocenters. The first kappa shape index (κ1) is 18.6. The number of nitrogens with zero attached hydrogens (tertiary/aromatic N) is 2. The molecular formula is C18H12ClN3O4S. The quantitative estimate of drug-likeness (QED) is 0.456. The number of H-pyrrole nitrogens is 1. The second-order valence-electron chi connectivity index (χ2n) is 5.39. The Hall–Kier alpha value is -3.23. The molecule has 2 aromatic carbocycles. The van der Waals surface area contributed by atoms with Crippen molar-refractivity contribution in [2.24, 2.45) is 4.99 Å². The van der Waals surface area contributed by atoms with Gasteiger partial charge in [0.1, 0.15) is 5.56 Å². The normalized spacial score (nSPS) is 11.0. The number of aromatic hydroxyl groups is 1. The van der Waals surface area contributed by atoms with Crippen molar-refractivity contribution in [2.45, 2.75) is 0 Å². The maximum Gasteiger partial charge on any atom is 0.337 e. The van der Waals surface area contributed by atoms with Gasteiger partial charge in [0.05, 0.1) is 16.9 Å². The Morgan fingerprint density at radius 1 is 1.19 bits per heavy atom. The second-order valence-corrected chi connectivity index (χ2v) is 6.21. The zero-order chi connectivity index (χ0) is 19.6. The van der Waals surface area contributed by atoms with Gasteiger partial charge in [0, 0.05) is 11.2 Å². The molecule has 3 rings (SSSR count). The summed E-state index contributed by atoms with van der Waals surface area (Å²) in [6.45, 7) is 0. The molecule has 0 atom stereocenters. The van der Waals surface area contributed by atoms with Gasteiger partial charge in [-0.1, -0.05) is 23.7 Å². The number of aliphatic imine (C=N–C) groups is 1. The first-order chi connectivity index (χ1) is 12.9. The van der Waals surface area contributed by atoms with Crippen LogP contribution in [-0.4, -0.2) is 31.9 Å². The van der Waals surface area contributed by atoms with E-state index in [0.29, 0.717) is 10.7 Å². The molecule has 0 aliphatic carbocycles. The maximum absolute atomic E-state index is 12.2. The number of hydrogen-bond donors (Lipinski definition) is 3. The van der Waals surface area contributed by atoms with E-state index in [1.54, 1.807) is 36.4 Å². The lowest BCUT2D eigenvalue weighted by atomic mass is 10.2. The zero-order valence-corrected chi connectivity index (χ0v) is 15.2. The van der Waals surface area contributed by atoms with Gasteiger partial charge < -0.3 is 10.2 Å². The lowest BCUT2D eigenvalue weighted by Crippen LogP contribution is -2.18. The Morgan fingerprint density at radius 3 is 2.52 bits per heavy atom. The molecule has 0 saturated heterocycles. The first-order valence-electron chi connectivity index (χ1n) is 7.59. The predicted octanol–water partition coefficient (Wildman–Crippen LogP) is 3.70. The fourth-order valence-corrected chi connectivity index (χ4v) is 2.80. The van der Waals surface area contributed by atoms with Crippen LogP contribution in [0, 0.1) is 4.77 Å². The minimum absolute atomic E-state index is 0.0112. The van der Waals surface area contributed by atoms with Gasteiger partial charge in [-0.25, -0.2) is 4.79 Å². The van der Waals surface area contributed by atoms with Crippen molar-refractivity contribution < 1.29 is 15.0 Å². The van der Waals surface area contributed by atoms with Crippen LogP contribution in [0.15, 0.2) is 58.3 Å². The van der Waals surface area contributed by atoms with Crippen LogP contribution in [0.2, 0.25) is 5.02 Å². The Balaban J connectivity index is 2.14. The number of carboxylic acids is 1.